The molecule has 1 saturated heterocycles. The molecule has 1 amide bonds. The van der Waals surface area contributed by atoms with E-state index in [0.717, 1.165) is 0 Å². The van der Waals surface area contributed by atoms with E-state index in [-0.39, 0.29) is 61.1 Å². The third-order valence-corrected chi connectivity index (χ3v) is 12.5. The summed E-state index contributed by atoms with van der Waals surface area (Å²) in [4.78, 5) is 38.6. The Bertz CT molecular complexity index is 2260. The van der Waals surface area contributed by atoms with Crippen LogP contribution < -0.4 is 20.8 Å². The number of aromatic hydroxyl groups is 2. The number of phenolic OH excluding ortho intramolecular Hbond substituents is 2. The number of ether oxygens (including phenoxy) is 4. The van der Waals surface area contributed by atoms with Gasteiger partial charge in [0.15, 0.2) is 17.1 Å². The number of piperidine rings is 1. The predicted molar refractivity (Wildman–Crippen MR) is 218 cm³/mol. The molecule has 0 aromatic heterocycles. The summed E-state index contributed by atoms with van der Waals surface area (Å²) in [5.41, 5.74) is -0.430. The molecule has 9 atom stereocenters. The van der Waals surface area contributed by atoms with Gasteiger partial charge in [-0.3, -0.25) is 19.6 Å². The van der Waals surface area contributed by atoms with Gasteiger partial charge in [-0.05, 0) is 27.0 Å². The Labute approximate surface area is 343 Å². The number of esters is 1. The summed E-state index contributed by atoms with van der Waals surface area (Å²) in [5, 5.41) is 64.6. The number of fused-ring (bicyclic) bond motifs is 1. The van der Waals surface area contributed by atoms with E-state index in [4.69, 9.17) is 28.9 Å². The Hall–Kier alpha value is -5.03. The molecule has 0 unspecified atom stereocenters. The summed E-state index contributed by atoms with van der Waals surface area (Å²) in [6, 6.07) is 0. The van der Waals surface area contributed by atoms with E-state index in [9.17, 15) is 35.2 Å². The van der Waals surface area contributed by atoms with Crippen molar-refractivity contribution in [2.24, 2.45) is 38.8 Å². The van der Waals surface area contributed by atoms with Gasteiger partial charge in [0.05, 0.1) is 40.9 Å². The molecule has 4 aliphatic heterocycles. The van der Waals surface area contributed by atoms with E-state index in [1.165, 1.54) is 27.2 Å². The second kappa shape index (κ2) is 16.6. The van der Waals surface area contributed by atoms with Crippen molar-refractivity contribution in [3.8, 4) is 17.2 Å². The fraction of sp³-hybridized carbons (Fsp3) is 0.558. The number of aliphatic hydroxyl groups is 2. The number of anilines is 1. The van der Waals surface area contributed by atoms with Gasteiger partial charge < -0.3 is 54.8 Å². The molecule has 2 aromatic carbocycles. The van der Waals surface area contributed by atoms with Gasteiger partial charge in [0.25, 0.3) is 11.7 Å². The van der Waals surface area contributed by atoms with Gasteiger partial charge in [-0.25, -0.2) is 0 Å². The number of methoxy groups -OCH3 is 1. The van der Waals surface area contributed by atoms with E-state index in [0.29, 0.717) is 25.9 Å². The number of likely N-dealkylation sites (tertiary alicyclic amines) is 1. The number of rotatable bonds is 2. The predicted octanol–water partition coefficient (Wildman–Crippen LogP) is 3.72. The first-order valence-electron chi connectivity index (χ1n) is 20.0. The number of aliphatic hydroxyl groups excluding tert-OH is 2. The van der Waals surface area contributed by atoms with Crippen LogP contribution in [0, 0.1) is 30.6 Å². The molecule has 0 saturated carbocycles. The third kappa shape index (κ3) is 7.78. The zero-order valence-electron chi connectivity index (χ0n) is 35.3. The van der Waals surface area contributed by atoms with Crippen molar-refractivity contribution in [1.29, 1.82) is 0 Å². The number of oxime groups is 1. The minimum Gasteiger partial charge on any atom is -0.507 e. The SMILES string of the molecule is CO[C@H]1/C=C/O[C@@]2(C)Oc3c(C)c(O)c4c(O)c(c5c(c4c3/C2=N/O)=NC2(CCN(C)CC2)N=5)NC(=O)/C(C)=C\C=C\[C@H](C)[C@H](O)[C@@H](C)[C@@H](O)[C@@H](C)[C@H](OC(C)=O)[C@@H]1C. The van der Waals surface area contributed by atoms with Crippen LogP contribution in [0.1, 0.15) is 72.4 Å². The van der Waals surface area contributed by atoms with Gasteiger partial charge in [-0.1, -0.05) is 51.1 Å². The van der Waals surface area contributed by atoms with Gasteiger partial charge in [0, 0.05) is 87.1 Å². The van der Waals surface area contributed by atoms with Gasteiger partial charge in [-0.15, -0.1) is 0 Å². The van der Waals surface area contributed by atoms with Crippen molar-refractivity contribution < 1.29 is 54.2 Å². The fourth-order valence-corrected chi connectivity index (χ4v) is 8.72. The maximum atomic E-state index is 13.8. The molecule has 59 heavy (non-hydrogen) atoms. The van der Waals surface area contributed by atoms with Crippen LogP contribution in [0.5, 0.6) is 17.2 Å². The normalized spacial score (nSPS) is 33.9. The highest BCUT2D eigenvalue weighted by Gasteiger charge is 2.49. The Kier molecular flexibility index (Phi) is 12.2. The molecule has 0 radical (unpaired) electrons. The number of amides is 1. The number of carbonyl (C=O) groups is 2. The number of nitrogens with one attached hydrogen (secondary N) is 1. The molecule has 6 N–H and O–H groups in total. The Morgan fingerprint density at radius 2 is 1.64 bits per heavy atom. The molecule has 6 rings (SSSR count). The van der Waals surface area contributed by atoms with Crippen LogP contribution in [0.3, 0.4) is 0 Å². The van der Waals surface area contributed by atoms with Crippen LogP contribution in [0.15, 0.2) is 51.3 Å². The number of allylic oxidation sites excluding steroid dienone is 2. The third-order valence-electron chi connectivity index (χ3n) is 12.5. The molecule has 320 valence electrons. The van der Waals surface area contributed by atoms with Crippen LogP contribution in [0.2, 0.25) is 0 Å². The van der Waals surface area contributed by atoms with Crippen LogP contribution in [-0.2, 0) is 23.8 Å². The molecule has 0 aliphatic carbocycles. The lowest BCUT2D eigenvalue weighted by atomic mass is 9.78. The largest absolute Gasteiger partial charge is 0.507 e. The van der Waals surface area contributed by atoms with E-state index >= 15 is 0 Å². The lowest BCUT2D eigenvalue weighted by Crippen LogP contribution is -2.46. The molecule has 4 heterocycles. The Morgan fingerprint density at radius 1 is 0.983 bits per heavy atom. The molecule has 4 aliphatic rings. The highest BCUT2D eigenvalue weighted by Crippen LogP contribution is 2.50. The van der Waals surface area contributed by atoms with Gasteiger partial charge in [0.2, 0.25) is 0 Å². The first-order chi connectivity index (χ1) is 27.8. The number of phenols is 2. The van der Waals surface area contributed by atoms with E-state index in [1.807, 2.05) is 7.05 Å². The summed E-state index contributed by atoms with van der Waals surface area (Å²) in [6.45, 7) is 14.4. The van der Waals surface area contributed by atoms with Crippen LogP contribution in [0.25, 0.3) is 10.8 Å². The summed E-state index contributed by atoms with van der Waals surface area (Å²) in [5.74, 6) is -6.01. The summed E-state index contributed by atoms with van der Waals surface area (Å²) < 4.78 is 24.2. The van der Waals surface area contributed by atoms with Crippen molar-refractivity contribution in [3.63, 3.8) is 0 Å². The lowest BCUT2D eigenvalue weighted by Gasteiger charge is -2.38. The molecular formula is C43H57N5O11. The standard InChI is InChI=1S/C43H57N5O11/c1-20-12-11-13-21(2)41(54)44-33-32-31(45-43(46-32)15-17-48(9)18-16-43)28-29(37(33)53)36(52)25(6)39-30(28)40(47-55)42(8,59-39)57-19-14-27(56-10)22(3)38(58-26(7)49)24(5)35(51)23(4)34(20)50/h11-14,19-20,22-24,27,34-35,38,50-53,55H,15-18H2,1-10H3,(H,44,54)/b12-11+,19-14+,21-13-,47-40-/t20-,22+,23+,24+,27-,34-,35+,38+,42-/m0/s1. The average molecular weight is 820 g/mol. The maximum absolute atomic E-state index is 13.8. The zero-order chi connectivity index (χ0) is 43.3. The van der Waals surface area contributed by atoms with Crippen LogP contribution in [0.4, 0.5) is 5.69 Å². The molecule has 16 heteroatoms. The molecule has 2 aromatic rings. The van der Waals surface area contributed by atoms with Crippen molar-refractivity contribution in [2.45, 2.75) is 104 Å². The van der Waals surface area contributed by atoms with E-state index in [2.05, 4.69) is 15.4 Å². The molecule has 1 spiro atoms. The second-order valence-electron chi connectivity index (χ2n) is 16.7. The lowest BCUT2D eigenvalue weighted by molar-refractivity contribution is -0.160. The number of nitrogens with zero attached hydrogens (tertiary/aromatic N) is 4. The minimum atomic E-state index is -1.80. The number of carbonyl (C=O) groups excluding carboxylic acids is 2. The Morgan fingerprint density at radius 3 is 2.27 bits per heavy atom. The van der Waals surface area contributed by atoms with Crippen molar-refractivity contribution in [3.05, 3.63) is 58.0 Å². The highest BCUT2D eigenvalue weighted by atomic mass is 16.7. The fourth-order valence-electron chi connectivity index (χ4n) is 8.72. The van der Waals surface area contributed by atoms with Crippen molar-refractivity contribution in [2.75, 3.05) is 32.6 Å². The topological polar surface area (TPSA) is 225 Å². The molecular weight excluding hydrogens is 762 g/mol. The van der Waals surface area contributed by atoms with Crippen molar-refractivity contribution in [1.82, 2.24) is 4.90 Å². The minimum absolute atomic E-state index is 0.0475. The monoisotopic (exact) mass is 819 g/mol. The maximum Gasteiger partial charge on any atom is 0.302 e. The van der Waals surface area contributed by atoms with Crippen LogP contribution in [-0.4, -0.2) is 111 Å². The first kappa shape index (κ1) is 43.5. The van der Waals surface area contributed by atoms with Crippen LogP contribution >= 0.6 is 0 Å². The molecule has 1 fully saturated rings. The highest BCUT2D eigenvalue weighted by molar-refractivity contribution is 6.21. The molecule has 16 nitrogen and oxygen atoms in total. The van der Waals surface area contributed by atoms with Crippen molar-refractivity contribution >= 4 is 34.0 Å². The first-order valence-corrected chi connectivity index (χ1v) is 20.0. The number of benzene rings is 2. The zero-order valence-corrected chi connectivity index (χ0v) is 35.3. The van der Waals surface area contributed by atoms with Gasteiger partial charge >= 0.3 is 5.97 Å². The number of hydrogen-bond donors (Lipinski definition) is 6. The summed E-state index contributed by atoms with van der Waals surface area (Å²) in [7, 11) is 3.48. The van der Waals surface area contributed by atoms with Gasteiger partial charge in [0.1, 0.15) is 28.6 Å². The summed E-state index contributed by atoms with van der Waals surface area (Å²) in [6.07, 6.45) is 5.11. The smallest absolute Gasteiger partial charge is 0.302 e. The van der Waals surface area contributed by atoms with Gasteiger partial charge in [-0.2, -0.15) is 0 Å². The average Bonchev–Trinajstić information content (AvgIpc) is 3.72. The molecule has 4 bridgehead atoms. The quantitative estimate of drug-likeness (QED) is 0.110. The summed E-state index contributed by atoms with van der Waals surface area (Å²) >= 11 is 0. The second-order valence-corrected chi connectivity index (χ2v) is 16.7. The van der Waals surface area contributed by atoms with E-state index < -0.39 is 77.2 Å². The Balaban J connectivity index is 1.57. The number of hydrogen-bond acceptors (Lipinski definition) is 15. The van der Waals surface area contributed by atoms with E-state index in [1.54, 1.807) is 65.8 Å².